The van der Waals surface area contributed by atoms with Gasteiger partial charge in [-0.1, -0.05) is 0 Å². The summed E-state index contributed by atoms with van der Waals surface area (Å²) >= 11 is 0. The van der Waals surface area contributed by atoms with Crippen LogP contribution >= 0.6 is 0 Å². The van der Waals surface area contributed by atoms with Gasteiger partial charge in [0.1, 0.15) is 0 Å². The van der Waals surface area contributed by atoms with Crippen molar-refractivity contribution in [2.24, 2.45) is 11.3 Å². The number of carboxylic acids is 1. The minimum absolute atomic E-state index is 0.214. The van der Waals surface area contributed by atoms with Crippen molar-refractivity contribution in [1.29, 1.82) is 0 Å². The van der Waals surface area contributed by atoms with Gasteiger partial charge in [0.05, 0.1) is 12.0 Å². The third-order valence-corrected chi connectivity index (χ3v) is 3.86. The zero-order valence-electron chi connectivity index (χ0n) is 9.00. The number of piperidine rings is 1. The summed E-state index contributed by atoms with van der Waals surface area (Å²) in [5.41, 5.74) is -0.522. The van der Waals surface area contributed by atoms with Crippen molar-refractivity contribution in [1.82, 2.24) is 5.32 Å². The zero-order chi connectivity index (χ0) is 10.7. The van der Waals surface area contributed by atoms with Crippen molar-refractivity contribution in [2.75, 3.05) is 26.3 Å². The van der Waals surface area contributed by atoms with Gasteiger partial charge in [-0.05, 0) is 44.7 Å². The third kappa shape index (κ3) is 2.01. The highest BCUT2D eigenvalue weighted by Gasteiger charge is 2.46. The van der Waals surface area contributed by atoms with Gasteiger partial charge in [-0.25, -0.2) is 0 Å². The first-order valence-corrected chi connectivity index (χ1v) is 5.77. The minimum atomic E-state index is -0.625. The molecular weight excluding hydrogens is 194 g/mol. The molecule has 0 aromatic rings. The van der Waals surface area contributed by atoms with Crippen LogP contribution in [0.3, 0.4) is 0 Å². The topological polar surface area (TPSA) is 58.6 Å². The van der Waals surface area contributed by atoms with Crippen LogP contribution in [0, 0.1) is 11.3 Å². The number of hydrogen-bond donors (Lipinski definition) is 2. The van der Waals surface area contributed by atoms with E-state index in [1.807, 2.05) is 0 Å². The first-order valence-electron chi connectivity index (χ1n) is 5.77. The Kier molecular flexibility index (Phi) is 3.26. The Morgan fingerprint density at radius 3 is 2.67 bits per heavy atom. The Balaban J connectivity index is 2.12. The Labute approximate surface area is 90.0 Å². The fourth-order valence-corrected chi connectivity index (χ4v) is 2.85. The van der Waals surface area contributed by atoms with E-state index in [2.05, 4.69) is 5.32 Å². The van der Waals surface area contributed by atoms with Gasteiger partial charge in [0.15, 0.2) is 0 Å². The van der Waals surface area contributed by atoms with E-state index in [4.69, 9.17) is 4.74 Å². The highest BCUT2D eigenvalue weighted by Crippen LogP contribution is 2.41. The second-order valence-electron chi connectivity index (χ2n) is 4.63. The van der Waals surface area contributed by atoms with Crippen molar-refractivity contribution in [2.45, 2.75) is 25.7 Å². The molecule has 4 nitrogen and oxygen atoms in total. The van der Waals surface area contributed by atoms with Crippen LogP contribution in [0.1, 0.15) is 25.7 Å². The fraction of sp³-hybridized carbons (Fsp3) is 0.909. The van der Waals surface area contributed by atoms with Gasteiger partial charge in [-0.15, -0.1) is 0 Å². The van der Waals surface area contributed by atoms with Gasteiger partial charge in [0, 0.05) is 6.61 Å². The molecule has 2 aliphatic heterocycles. The lowest BCUT2D eigenvalue weighted by molar-refractivity contribution is -0.159. The summed E-state index contributed by atoms with van der Waals surface area (Å²) in [6.45, 7) is 3.07. The van der Waals surface area contributed by atoms with Crippen LogP contribution in [-0.4, -0.2) is 37.4 Å². The third-order valence-electron chi connectivity index (χ3n) is 3.86. The molecule has 2 rings (SSSR count). The van der Waals surface area contributed by atoms with Crippen molar-refractivity contribution in [3.63, 3.8) is 0 Å². The second kappa shape index (κ2) is 4.49. The molecule has 0 amide bonds. The maximum atomic E-state index is 11.5. The molecule has 2 fully saturated rings. The molecule has 1 unspecified atom stereocenters. The standard InChI is InChI=1S/C11H19NO3/c13-10(14)11(3-5-12-6-4-11)9-2-1-7-15-8-9/h9,12H,1-8H2,(H,13,14). The number of aliphatic carboxylic acids is 1. The van der Waals surface area contributed by atoms with E-state index in [1.165, 1.54) is 0 Å². The van der Waals surface area contributed by atoms with Crippen LogP contribution in [0.5, 0.6) is 0 Å². The lowest BCUT2D eigenvalue weighted by Crippen LogP contribution is -2.49. The Bertz CT molecular complexity index is 230. The lowest BCUT2D eigenvalue weighted by atomic mass is 9.67. The largest absolute Gasteiger partial charge is 0.481 e. The molecule has 2 N–H and O–H groups in total. The normalized spacial score (nSPS) is 31.1. The first-order chi connectivity index (χ1) is 7.26. The molecule has 0 aliphatic carbocycles. The van der Waals surface area contributed by atoms with E-state index in [0.717, 1.165) is 45.4 Å². The van der Waals surface area contributed by atoms with E-state index in [1.54, 1.807) is 0 Å². The molecule has 2 heterocycles. The first kappa shape index (κ1) is 10.9. The number of ether oxygens (including phenoxy) is 1. The Morgan fingerprint density at radius 2 is 2.13 bits per heavy atom. The number of carboxylic acid groups (broad SMARTS) is 1. The van der Waals surface area contributed by atoms with E-state index in [9.17, 15) is 9.90 Å². The highest BCUT2D eigenvalue weighted by atomic mass is 16.5. The SMILES string of the molecule is O=C(O)C1(C2CCCOC2)CCNCC1. The molecule has 1 atom stereocenters. The molecule has 0 aromatic carbocycles. The summed E-state index contributed by atoms with van der Waals surface area (Å²) in [5.74, 6) is -0.412. The highest BCUT2D eigenvalue weighted by molar-refractivity contribution is 5.75. The average Bonchev–Trinajstić information content (AvgIpc) is 2.31. The molecule has 0 saturated carbocycles. The molecule has 2 aliphatic rings. The average molecular weight is 213 g/mol. The van der Waals surface area contributed by atoms with Crippen LogP contribution in [0.2, 0.25) is 0 Å². The van der Waals surface area contributed by atoms with Crippen LogP contribution in [-0.2, 0) is 9.53 Å². The van der Waals surface area contributed by atoms with Gasteiger partial charge >= 0.3 is 5.97 Å². The molecule has 0 aromatic heterocycles. The van der Waals surface area contributed by atoms with E-state index >= 15 is 0 Å². The van der Waals surface area contributed by atoms with Crippen LogP contribution in [0.15, 0.2) is 0 Å². The number of rotatable bonds is 2. The summed E-state index contributed by atoms with van der Waals surface area (Å²) in [7, 11) is 0. The number of nitrogens with one attached hydrogen (secondary N) is 1. The van der Waals surface area contributed by atoms with E-state index < -0.39 is 11.4 Å². The maximum Gasteiger partial charge on any atom is 0.310 e. The van der Waals surface area contributed by atoms with Gasteiger partial charge in [-0.3, -0.25) is 4.79 Å². The van der Waals surface area contributed by atoms with Gasteiger partial charge in [-0.2, -0.15) is 0 Å². The number of hydrogen-bond acceptors (Lipinski definition) is 3. The fourth-order valence-electron chi connectivity index (χ4n) is 2.85. The predicted molar refractivity (Wildman–Crippen MR) is 55.7 cm³/mol. The van der Waals surface area contributed by atoms with Crippen LogP contribution < -0.4 is 5.32 Å². The monoisotopic (exact) mass is 213 g/mol. The maximum absolute atomic E-state index is 11.5. The van der Waals surface area contributed by atoms with Crippen molar-refractivity contribution in [3.8, 4) is 0 Å². The lowest BCUT2D eigenvalue weighted by Gasteiger charge is -2.41. The molecule has 2 saturated heterocycles. The molecule has 86 valence electrons. The Morgan fingerprint density at radius 1 is 1.40 bits per heavy atom. The van der Waals surface area contributed by atoms with Crippen molar-refractivity contribution < 1.29 is 14.6 Å². The quantitative estimate of drug-likeness (QED) is 0.714. The second-order valence-corrected chi connectivity index (χ2v) is 4.63. The Hall–Kier alpha value is -0.610. The summed E-state index contributed by atoms with van der Waals surface area (Å²) < 4.78 is 5.43. The zero-order valence-corrected chi connectivity index (χ0v) is 9.00. The smallest absolute Gasteiger partial charge is 0.310 e. The van der Waals surface area contributed by atoms with Crippen LogP contribution in [0.4, 0.5) is 0 Å². The summed E-state index contributed by atoms with van der Waals surface area (Å²) in [4.78, 5) is 11.5. The number of carbonyl (C=O) groups is 1. The summed E-state index contributed by atoms with van der Waals surface area (Å²) in [6.07, 6.45) is 3.51. The molecular formula is C11H19NO3. The van der Waals surface area contributed by atoms with E-state index in [0.29, 0.717) is 6.61 Å². The molecule has 0 spiro atoms. The molecule has 0 bridgehead atoms. The molecule has 4 heteroatoms. The molecule has 15 heavy (non-hydrogen) atoms. The molecule has 0 radical (unpaired) electrons. The van der Waals surface area contributed by atoms with Gasteiger partial charge in [0.25, 0.3) is 0 Å². The van der Waals surface area contributed by atoms with E-state index in [-0.39, 0.29) is 5.92 Å². The minimum Gasteiger partial charge on any atom is -0.481 e. The summed E-state index contributed by atoms with van der Waals surface area (Å²) in [6, 6.07) is 0. The predicted octanol–water partition coefficient (Wildman–Crippen LogP) is 0.867. The van der Waals surface area contributed by atoms with Crippen LogP contribution in [0.25, 0.3) is 0 Å². The summed E-state index contributed by atoms with van der Waals surface area (Å²) in [5, 5.41) is 12.7. The van der Waals surface area contributed by atoms with Gasteiger partial charge < -0.3 is 15.2 Å². The van der Waals surface area contributed by atoms with Gasteiger partial charge in [0.2, 0.25) is 0 Å². The van der Waals surface area contributed by atoms with Crippen molar-refractivity contribution >= 4 is 5.97 Å². The van der Waals surface area contributed by atoms with Crippen molar-refractivity contribution in [3.05, 3.63) is 0 Å².